The van der Waals surface area contributed by atoms with E-state index < -0.39 is 0 Å². The summed E-state index contributed by atoms with van der Waals surface area (Å²) >= 11 is 3.32. The van der Waals surface area contributed by atoms with Crippen molar-refractivity contribution in [3.63, 3.8) is 0 Å². The molecule has 8 nitrogen and oxygen atoms in total. The largest absolute Gasteiger partial charge is 0.395 e. The van der Waals surface area contributed by atoms with Crippen LogP contribution in [-0.2, 0) is 0 Å². The highest BCUT2D eigenvalue weighted by atomic mass is 79.9. The third-order valence-electron chi connectivity index (χ3n) is 3.31. The normalized spacial score (nSPS) is 10.3. The minimum absolute atomic E-state index is 0.0135. The Balaban J connectivity index is 2.10. The van der Waals surface area contributed by atoms with Crippen LogP contribution in [0.4, 0.5) is 17.3 Å². The molecule has 0 unspecified atom stereocenters. The number of likely N-dealkylation sites (N-methyl/N-ethyl adjacent to an activating group) is 1. The number of hydrogen-bond donors (Lipinski definition) is 4. The van der Waals surface area contributed by atoms with Gasteiger partial charge < -0.3 is 15.7 Å². The van der Waals surface area contributed by atoms with E-state index in [1.807, 2.05) is 11.8 Å². The maximum absolute atomic E-state index is 12.1. The van der Waals surface area contributed by atoms with E-state index >= 15 is 0 Å². The van der Waals surface area contributed by atoms with Crippen LogP contribution in [0.5, 0.6) is 0 Å². The number of nitrogens with one attached hydrogen (secondary N) is 2. The fourth-order valence-electron chi connectivity index (χ4n) is 2.06. The van der Waals surface area contributed by atoms with Crippen molar-refractivity contribution in [2.24, 2.45) is 0 Å². The smallest absolute Gasteiger partial charge is 0.269 e. The first-order chi connectivity index (χ1) is 11.6. The number of aliphatic hydroxyl groups is 1. The van der Waals surface area contributed by atoms with E-state index in [9.17, 15) is 4.79 Å². The molecule has 0 spiro atoms. The van der Waals surface area contributed by atoms with Crippen molar-refractivity contribution in [2.75, 3.05) is 35.8 Å². The Kier molecular flexibility index (Phi) is 6.33. The fourth-order valence-corrected chi connectivity index (χ4v) is 2.33. The number of carbonyl (C=O) groups is 1. The van der Waals surface area contributed by atoms with Crippen molar-refractivity contribution in [1.29, 1.82) is 0 Å². The van der Waals surface area contributed by atoms with Gasteiger partial charge in [0.05, 0.1) is 6.61 Å². The van der Waals surface area contributed by atoms with Crippen molar-refractivity contribution in [3.8, 4) is 0 Å². The summed E-state index contributed by atoms with van der Waals surface area (Å²) in [6.45, 7) is 2.95. The Labute approximate surface area is 148 Å². The highest BCUT2D eigenvalue weighted by molar-refractivity contribution is 9.10. The molecule has 2 aromatic rings. The van der Waals surface area contributed by atoms with Crippen LogP contribution in [-0.4, -0.2) is 40.7 Å². The van der Waals surface area contributed by atoms with Crippen LogP contribution in [0, 0.1) is 0 Å². The Bertz CT molecular complexity index is 695. The molecular weight excluding hydrogens is 376 g/mol. The lowest BCUT2D eigenvalue weighted by Crippen LogP contribution is -2.32. The standard InChI is InChI=1S/C15H19BrN6O2/c1-2-22(7-8-23)14-12(17)13(18-9-19-14)20-21-15(24)10-3-5-11(16)6-4-10/h3-6,9,23H,2,7-8,17H2,1H3,(H,21,24)(H,18,19,20). The van der Waals surface area contributed by atoms with Crippen LogP contribution in [0.15, 0.2) is 35.1 Å². The quantitative estimate of drug-likeness (QED) is 0.524. The van der Waals surface area contributed by atoms with Gasteiger partial charge in [0.2, 0.25) is 0 Å². The molecule has 1 aromatic carbocycles. The van der Waals surface area contributed by atoms with Gasteiger partial charge in [-0.05, 0) is 31.2 Å². The van der Waals surface area contributed by atoms with Crippen molar-refractivity contribution in [3.05, 3.63) is 40.6 Å². The van der Waals surface area contributed by atoms with Crippen LogP contribution in [0.1, 0.15) is 17.3 Å². The first kappa shape index (κ1) is 18.0. The van der Waals surface area contributed by atoms with E-state index in [1.54, 1.807) is 24.3 Å². The van der Waals surface area contributed by atoms with Crippen molar-refractivity contribution in [2.45, 2.75) is 6.92 Å². The first-order valence-electron chi connectivity index (χ1n) is 7.35. The number of nitrogens with two attached hydrogens (primary N) is 1. The van der Waals surface area contributed by atoms with Crippen molar-refractivity contribution in [1.82, 2.24) is 15.4 Å². The molecule has 0 saturated heterocycles. The molecule has 0 aliphatic carbocycles. The number of nitrogen functional groups attached to an aromatic ring is 1. The van der Waals surface area contributed by atoms with Crippen LogP contribution in [0.2, 0.25) is 0 Å². The summed E-state index contributed by atoms with van der Waals surface area (Å²) in [6, 6.07) is 6.94. The zero-order chi connectivity index (χ0) is 17.5. The number of nitrogens with zero attached hydrogens (tertiary/aromatic N) is 3. The van der Waals surface area contributed by atoms with Crippen LogP contribution in [0.3, 0.4) is 0 Å². The van der Waals surface area contributed by atoms with E-state index in [4.69, 9.17) is 10.8 Å². The maximum atomic E-state index is 12.1. The number of hydrazine groups is 1. The Morgan fingerprint density at radius 3 is 2.67 bits per heavy atom. The lowest BCUT2D eigenvalue weighted by molar-refractivity contribution is 0.0962. The van der Waals surface area contributed by atoms with Gasteiger partial charge in [0.25, 0.3) is 5.91 Å². The molecule has 1 aromatic heterocycles. The summed E-state index contributed by atoms with van der Waals surface area (Å²) in [7, 11) is 0. The summed E-state index contributed by atoms with van der Waals surface area (Å²) in [5, 5.41) is 9.11. The monoisotopic (exact) mass is 394 g/mol. The number of benzene rings is 1. The molecule has 0 saturated carbocycles. The molecule has 0 atom stereocenters. The van der Waals surface area contributed by atoms with Gasteiger partial charge in [-0.2, -0.15) is 0 Å². The average molecular weight is 395 g/mol. The molecule has 128 valence electrons. The first-order valence-corrected chi connectivity index (χ1v) is 8.14. The summed E-state index contributed by atoms with van der Waals surface area (Å²) < 4.78 is 0.889. The molecule has 0 aliphatic heterocycles. The van der Waals surface area contributed by atoms with Gasteiger partial charge in [0.1, 0.15) is 12.0 Å². The molecule has 0 radical (unpaired) electrons. The van der Waals surface area contributed by atoms with Gasteiger partial charge in [0, 0.05) is 23.1 Å². The van der Waals surface area contributed by atoms with E-state index in [2.05, 4.69) is 36.7 Å². The lowest BCUT2D eigenvalue weighted by Gasteiger charge is -2.23. The SMILES string of the molecule is CCN(CCO)c1ncnc(NNC(=O)c2ccc(Br)cc2)c1N. The number of halogens is 1. The predicted molar refractivity (Wildman–Crippen MR) is 96.6 cm³/mol. The summed E-state index contributed by atoms with van der Waals surface area (Å²) in [6.07, 6.45) is 1.35. The lowest BCUT2D eigenvalue weighted by atomic mass is 10.2. The Morgan fingerprint density at radius 2 is 2.04 bits per heavy atom. The second-order valence-electron chi connectivity index (χ2n) is 4.85. The third-order valence-corrected chi connectivity index (χ3v) is 3.84. The second kappa shape index (κ2) is 8.46. The van der Waals surface area contributed by atoms with E-state index in [-0.39, 0.29) is 12.5 Å². The zero-order valence-electron chi connectivity index (χ0n) is 13.2. The maximum Gasteiger partial charge on any atom is 0.269 e. The topological polar surface area (TPSA) is 116 Å². The van der Waals surface area contributed by atoms with E-state index in [0.29, 0.717) is 36.0 Å². The van der Waals surface area contributed by atoms with Gasteiger partial charge in [-0.1, -0.05) is 15.9 Å². The van der Waals surface area contributed by atoms with Gasteiger partial charge in [0.15, 0.2) is 11.6 Å². The second-order valence-corrected chi connectivity index (χ2v) is 5.76. The molecule has 5 N–H and O–H groups in total. The molecule has 0 aliphatic rings. The highest BCUT2D eigenvalue weighted by Crippen LogP contribution is 2.25. The number of hydrogen-bond acceptors (Lipinski definition) is 7. The van der Waals surface area contributed by atoms with Gasteiger partial charge in [-0.15, -0.1) is 0 Å². The minimum atomic E-state index is -0.315. The van der Waals surface area contributed by atoms with E-state index in [0.717, 1.165) is 4.47 Å². The molecule has 0 fully saturated rings. The molecule has 24 heavy (non-hydrogen) atoms. The zero-order valence-corrected chi connectivity index (χ0v) is 14.7. The third kappa shape index (κ3) is 4.33. The summed E-state index contributed by atoms with van der Waals surface area (Å²) in [4.78, 5) is 22.1. The number of aliphatic hydroxyl groups excluding tert-OH is 1. The Hall–Kier alpha value is -2.39. The van der Waals surface area contributed by atoms with Gasteiger partial charge >= 0.3 is 0 Å². The van der Waals surface area contributed by atoms with Crippen LogP contribution < -0.4 is 21.5 Å². The Morgan fingerprint density at radius 1 is 1.33 bits per heavy atom. The number of carbonyl (C=O) groups excluding carboxylic acids is 1. The van der Waals surface area contributed by atoms with Gasteiger partial charge in [-0.3, -0.25) is 15.6 Å². The fraction of sp³-hybridized carbons (Fsp3) is 0.267. The number of rotatable bonds is 7. The predicted octanol–water partition coefficient (Wildman–Crippen LogP) is 1.40. The summed E-state index contributed by atoms with van der Waals surface area (Å²) in [5.74, 6) is 0.480. The van der Waals surface area contributed by atoms with Crippen molar-refractivity contribution >= 4 is 39.2 Å². The molecule has 0 bridgehead atoms. The van der Waals surface area contributed by atoms with Crippen LogP contribution in [0.25, 0.3) is 0 Å². The van der Waals surface area contributed by atoms with Gasteiger partial charge in [-0.25, -0.2) is 9.97 Å². The molecule has 2 rings (SSSR count). The minimum Gasteiger partial charge on any atom is -0.395 e. The molecule has 9 heteroatoms. The summed E-state index contributed by atoms with van der Waals surface area (Å²) in [5.41, 5.74) is 12.1. The van der Waals surface area contributed by atoms with E-state index in [1.165, 1.54) is 6.33 Å². The molecule has 1 amide bonds. The molecular formula is C15H19BrN6O2. The highest BCUT2D eigenvalue weighted by Gasteiger charge is 2.14. The van der Waals surface area contributed by atoms with Crippen molar-refractivity contribution < 1.29 is 9.90 Å². The number of anilines is 3. The molecule has 1 heterocycles. The average Bonchev–Trinajstić information content (AvgIpc) is 2.59. The number of amides is 1. The number of aromatic nitrogens is 2. The van der Waals surface area contributed by atoms with Crippen LogP contribution >= 0.6 is 15.9 Å².